The third-order valence-electron chi connectivity index (χ3n) is 8.43. The van der Waals surface area contributed by atoms with Crippen LogP contribution in [0.1, 0.15) is 39.5 Å². The van der Waals surface area contributed by atoms with Crippen molar-refractivity contribution in [2.75, 3.05) is 0 Å². The molecule has 0 aromatic heterocycles. The zero-order valence-corrected chi connectivity index (χ0v) is 22.9. The molecule has 0 saturated heterocycles. The number of rotatable bonds is 4. The molecule has 8 rings (SSSR count). The predicted octanol–water partition coefficient (Wildman–Crippen LogP) is 7.25. The van der Waals surface area contributed by atoms with Gasteiger partial charge in [0.25, 0.3) is 0 Å². The van der Waals surface area contributed by atoms with Gasteiger partial charge in [-0.15, -0.1) is 0 Å². The molecule has 0 fully saturated rings. The summed E-state index contributed by atoms with van der Waals surface area (Å²) in [5.74, 6) is 1.74. The van der Waals surface area contributed by atoms with Crippen LogP contribution < -0.4 is 20.6 Å². The van der Waals surface area contributed by atoms with Crippen molar-refractivity contribution in [3.8, 4) is 11.5 Å². The van der Waals surface area contributed by atoms with Gasteiger partial charge in [-0.25, -0.2) is 0 Å². The van der Waals surface area contributed by atoms with E-state index in [0.29, 0.717) is 0 Å². The van der Waals surface area contributed by atoms with Crippen molar-refractivity contribution >= 4 is 5.70 Å². The first kappa shape index (κ1) is 24.4. The van der Waals surface area contributed by atoms with E-state index in [4.69, 9.17) is 9.73 Å². The van der Waals surface area contributed by atoms with Crippen molar-refractivity contribution in [1.29, 1.82) is 0 Å². The molecule has 6 aromatic rings. The molecule has 3 nitrogen and oxygen atoms in total. The second-order valence-electron chi connectivity index (χ2n) is 10.8. The lowest BCUT2D eigenvalue weighted by Gasteiger charge is -2.41. The maximum atomic E-state index is 6.63. The quantitative estimate of drug-likeness (QED) is 0.255. The summed E-state index contributed by atoms with van der Waals surface area (Å²) >= 11 is 0. The maximum absolute atomic E-state index is 6.63. The summed E-state index contributed by atoms with van der Waals surface area (Å²) in [7, 11) is 0. The molecular formula is C39H28N2O. The molecule has 0 amide bonds. The highest BCUT2D eigenvalue weighted by Gasteiger charge is 2.45. The first-order chi connectivity index (χ1) is 20.8. The Labute approximate surface area is 245 Å². The Morgan fingerprint density at radius 2 is 1.14 bits per heavy atom. The van der Waals surface area contributed by atoms with Crippen LogP contribution in [0.2, 0.25) is 0 Å². The minimum Gasteiger partial charge on any atom is -0.457 e. The van der Waals surface area contributed by atoms with Crippen molar-refractivity contribution < 1.29 is 4.74 Å². The Hall–Kier alpha value is -5.41. The third kappa shape index (κ3) is 3.78. The van der Waals surface area contributed by atoms with Gasteiger partial charge in [-0.1, -0.05) is 127 Å². The number of nitrogens with one attached hydrogen (secondary N) is 1. The molecule has 0 bridgehead atoms. The van der Waals surface area contributed by atoms with Crippen molar-refractivity contribution in [3.63, 3.8) is 0 Å². The predicted molar refractivity (Wildman–Crippen MR) is 167 cm³/mol. The Bertz CT molecular complexity index is 2000. The van der Waals surface area contributed by atoms with Crippen LogP contribution in [-0.4, -0.2) is 0 Å². The molecule has 0 saturated carbocycles. The van der Waals surface area contributed by atoms with Crippen LogP contribution in [0.3, 0.4) is 0 Å². The minimum atomic E-state index is -0.569. The fourth-order valence-corrected chi connectivity index (χ4v) is 6.58. The number of benzene rings is 6. The van der Waals surface area contributed by atoms with E-state index in [2.05, 4.69) is 151 Å². The molecule has 0 aliphatic carbocycles. The molecular weight excluding hydrogens is 512 g/mol. The molecule has 42 heavy (non-hydrogen) atoms. The average Bonchev–Trinajstić information content (AvgIpc) is 3.07. The van der Waals surface area contributed by atoms with Crippen molar-refractivity contribution in [2.45, 2.75) is 11.6 Å². The highest BCUT2D eigenvalue weighted by Crippen LogP contribution is 2.55. The van der Waals surface area contributed by atoms with Gasteiger partial charge in [-0.3, -0.25) is 4.99 Å². The van der Waals surface area contributed by atoms with E-state index in [-0.39, 0.29) is 6.17 Å². The molecule has 1 atom stereocenters. The molecule has 2 heterocycles. The van der Waals surface area contributed by atoms with Crippen LogP contribution in [0.25, 0.3) is 5.70 Å². The lowest BCUT2D eigenvalue weighted by atomic mass is 9.63. The molecule has 1 N–H and O–H groups in total. The molecule has 0 spiro atoms. The van der Waals surface area contributed by atoms with Gasteiger partial charge in [0.05, 0.1) is 16.5 Å². The summed E-state index contributed by atoms with van der Waals surface area (Å²) in [6, 6.07) is 55.4. The molecule has 3 heteroatoms. The van der Waals surface area contributed by atoms with E-state index in [1.807, 2.05) is 12.1 Å². The average molecular weight is 541 g/mol. The Morgan fingerprint density at radius 1 is 0.548 bits per heavy atom. The van der Waals surface area contributed by atoms with E-state index in [1.165, 1.54) is 11.1 Å². The number of nitrogens with zero attached hydrogens (tertiary/aromatic N) is 1. The van der Waals surface area contributed by atoms with Gasteiger partial charge in [-0.05, 0) is 52.6 Å². The number of hydrogen-bond acceptors (Lipinski definition) is 3. The number of para-hydroxylation sites is 2. The van der Waals surface area contributed by atoms with Gasteiger partial charge in [-0.2, -0.15) is 0 Å². The smallest absolute Gasteiger partial charge is 0.145 e. The molecule has 2 aliphatic rings. The number of hydrogen-bond donors (Lipinski definition) is 1. The van der Waals surface area contributed by atoms with E-state index in [1.54, 1.807) is 0 Å². The number of fused-ring (bicyclic) bond motifs is 3. The third-order valence-corrected chi connectivity index (χ3v) is 8.43. The van der Waals surface area contributed by atoms with Gasteiger partial charge in [0.2, 0.25) is 0 Å². The molecule has 6 aromatic carbocycles. The molecule has 200 valence electrons. The molecule has 0 radical (unpaired) electrons. The Kier molecular flexibility index (Phi) is 5.75. The maximum Gasteiger partial charge on any atom is 0.145 e. The van der Waals surface area contributed by atoms with Crippen LogP contribution >= 0.6 is 0 Å². The summed E-state index contributed by atoms with van der Waals surface area (Å²) in [4.78, 5) is 5.08. The van der Waals surface area contributed by atoms with Crippen LogP contribution in [0.15, 0.2) is 163 Å². The van der Waals surface area contributed by atoms with Gasteiger partial charge in [0, 0.05) is 16.3 Å². The van der Waals surface area contributed by atoms with Crippen molar-refractivity contribution in [2.24, 2.45) is 4.99 Å². The largest absolute Gasteiger partial charge is 0.457 e. The second kappa shape index (κ2) is 9.90. The SMILES string of the molecule is c1ccc(C2N=c3ccccc3=C(c3ccc4c(c3)C(c3ccccc3)(c3ccccc3)c3ccccc3O4)N2)cc1. The van der Waals surface area contributed by atoms with Gasteiger partial charge in [0.1, 0.15) is 17.7 Å². The fraction of sp³-hybridized carbons (Fsp3) is 0.0513. The van der Waals surface area contributed by atoms with Crippen molar-refractivity contribution in [1.82, 2.24) is 5.32 Å². The molecule has 1 unspecified atom stereocenters. The van der Waals surface area contributed by atoms with Gasteiger partial charge >= 0.3 is 0 Å². The summed E-state index contributed by atoms with van der Waals surface area (Å²) in [5, 5.41) is 5.86. The lowest BCUT2D eigenvalue weighted by molar-refractivity contribution is 0.434. The first-order valence-electron chi connectivity index (χ1n) is 14.3. The van der Waals surface area contributed by atoms with E-state index >= 15 is 0 Å². The van der Waals surface area contributed by atoms with Gasteiger partial charge < -0.3 is 10.1 Å². The zero-order valence-electron chi connectivity index (χ0n) is 22.9. The normalized spacial score (nSPS) is 16.1. The Morgan fingerprint density at radius 3 is 1.88 bits per heavy atom. The summed E-state index contributed by atoms with van der Waals surface area (Å²) in [6.07, 6.45) is -0.183. The molecule has 2 aliphatic heterocycles. The summed E-state index contributed by atoms with van der Waals surface area (Å²) < 4.78 is 6.63. The Balaban J connectivity index is 1.41. The first-order valence-corrected chi connectivity index (χ1v) is 14.3. The minimum absolute atomic E-state index is 0.183. The highest BCUT2D eigenvalue weighted by molar-refractivity contribution is 5.74. The summed E-state index contributed by atoms with van der Waals surface area (Å²) in [5.41, 5.74) is 7.35. The fourth-order valence-electron chi connectivity index (χ4n) is 6.58. The van der Waals surface area contributed by atoms with E-state index in [0.717, 1.165) is 50.0 Å². The zero-order chi connectivity index (χ0) is 27.9. The lowest BCUT2D eigenvalue weighted by Crippen LogP contribution is -2.40. The van der Waals surface area contributed by atoms with Crippen LogP contribution in [-0.2, 0) is 5.41 Å². The topological polar surface area (TPSA) is 33.6 Å². The van der Waals surface area contributed by atoms with Gasteiger partial charge in [0.15, 0.2) is 0 Å². The highest BCUT2D eigenvalue weighted by atomic mass is 16.5. The van der Waals surface area contributed by atoms with Crippen LogP contribution in [0, 0.1) is 0 Å². The van der Waals surface area contributed by atoms with E-state index in [9.17, 15) is 0 Å². The van der Waals surface area contributed by atoms with Crippen molar-refractivity contribution in [3.05, 3.63) is 202 Å². The van der Waals surface area contributed by atoms with Crippen LogP contribution in [0.5, 0.6) is 11.5 Å². The number of ether oxygens (including phenoxy) is 1. The summed E-state index contributed by atoms with van der Waals surface area (Å²) in [6.45, 7) is 0. The van der Waals surface area contributed by atoms with E-state index < -0.39 is 5.41 Å². The standard InChI is InChI=1S/C39H28N2O/c1-4-14-27(15-5-1)38-40-34-22-12-10-20-31(34)37(41-38)28-24-25-36-33(26-28)39(29-16-6-2-7-17-29,30-18-8-3-9-19-30)32-21-11-13-23-35(32)42-36/h1-26,38,41H. The second-order valence-corrected chi connectivity index (χ2v) is 10.8. The van der Waals surface area contributed by atoms with Crippen LogP contribution in [0.4, 0.5) is 0 Å². The monoisotopic (exact) mass is 540 g/mol.